The van der Waals surface area contributed by atoms with Crippen LogP contribution in [-0.2, 0) is 4.79 Å². The second kappa shape index (κ2) is 9.45. The zero-order valence-electron chi connectivity index (χ0n) is 19.7. The van der Waals surface area contributed by atoms with Gasteiger partial charge in [0.1, 0.15) is 5.75 Å². The van der Waals surface area contributed by atoms with Crippen molar-refractivity contribution >= 4 is 56.3 Å². The molecule has 0 spiro atoms. The predicted molar refractivity (Wildman–Crippen MR) is 146 cm³/mol. The van der Waals surface area contributed by atoms with Gasteiger partial charge in [-0.2, -0.15) is 5.10 Å². The van der Waals surface area contributed by atoms with E-state index in [-0.39, 0.29) is 18.2 Å². The second-order valence-corrected chi connectivity index (χ2v) is 8.98. The Morgan fingerprint density at radius 3 is 2.45 bits per heavy atom. The molecule has 1 amide bonds. The number of hydrogen-bond donors (Lipinski definition) is 1. The van der Waals surface area contributed by atoms with Crippen LogP contribution in [0.4, 0.5) is 11.4 Å². The molecule has 9 nitrogen and oxygen atoms in total. The highest BCUT2D eigenvalue weighted by Crippen LogP contribution is 2.32. The molecule has 38 heavy (non-hydrogen) atoms. The fourth-order valence-corrected chi connectivity index (χ4v) is 4.42. The summed E-state index contributed by atoms with van der Waals surface area (Å²) in [7, 11) is 0. The SMILES string of the molecule is O=C(COc1ccc([N+](=O)[O-])cc1)Nc1ccc2c(c1)nc1c3ccccc3c(-c3ccc(Cl)cc3)nn21. The van der Waals surface area contributed by atoms with Crippen molar-refractivity contribution in [2.75, 3.05) is 11.9 Å². The Hall–Kier alpha value is -5.02. The average molecular weight is 524 g/mol. The van der Waals surface area contributed by atoms with Crippen molar-refractivity contribution in [2.45, 2.75) is 0 Å². The topological polar surface area (TPSA) is 112 Å². The molecule has 0 fully saturated rings. The third kappa shape index (κ3) is 4.35. The maximum Gasteiger partial charge on any atom is 0.269 e. The van der Waals surface area contributed by atoms with Crippen LogP contribution >= 0.6 is 11.6 Å². The summed E-state index contributed by atoms with van der Waals surface area (Å²) in [6, 6.07) is 26.5. The molecule has 0 atom stereocenters. The first kappa shape index (κ1) is 23.4. The largest absolute Gasteiger partial charge is 0.484 e. The number of carbonyl (C=O) groups excluding carboxylic acids is 1. The monoisotopic (exact) mass is 523 g/mol. The van der Waals surface area contributed by atoms with E-state index in [0.29, 0.717) is 27.6 Å². The first-order chi connectivity index (χ1) is 18.5. The van der Waals surface area contributed by atoms with E-state index in [4.69, 9.17) is 26.4 Å². The zero-order chi connectivity index (χ0) is 26.2. The van der Waals surface area contributed by atoms with Crippen molar-refractivity contribution in [1.82, 2.24) is 14.6 Å². The molecule has 0 aliphatic rings. The number of rotatable bonds is 6. The quantitative estimate of drug-likeness (QED) is 0.203. The van der Waals surface area contributed by atoms with Crippen molar-refractivity contribution in [3.05, 3.63) is 106 Å². The minimum Gasteiger partial charge on any atom is -0.484 e. The Kier molecular flexibility index (Phi) is 5.82. The minimum atomic E-state index is -0.497. The number of halogens is 1. The summed E-state index contributed by atoms with van der Waals surface area (Å²) in [4.78, 5) is 27.6. The summed E-state index contributed by atoms with van der Waals surface area (Å²) in [6.45, 7) is -0.252. The number of benzene rings is 4. The summed E-state index contributed by atoms with van der Waals surface area (Å²) in [5, 5.41) is 21.1. The second-order valence-electron chi connectivity index (χ2n) is 8.54. The van der Waals surface area contributed by atoms with Gasteiger partial charge >= 0.3 is 0 Å². The number of nitro benzene ring substituents is 1. The van der Waals surface area contributed by atoms with Crippen LogP contribution in [-0.4, -0.2) is 32.0 Å². The Morgan fingerprint density at radius 1 is 0.974 bits per heavy atom. The van der Waals surface area contributed by atoms with Crippen LogP contribution in [0.2, 0.25) is 5.02 Å². The van der Waals surface area contributed by atoms with E-state index in [9.17, 15) is 14.9 Å². The van der Waals surface area contributed by atoms with Gasteiger partial charge in [-0.05, 0) is 42.5 Å². The van der Waals surface area contributed by atoms with Crippen LogP contribution in [0.3, 0.4) is 0 Å². The molecule has 2 aromatic heterocycles. The van der Waals surface area contributed by atoms with Gasteiger partial charge in [-0.1, -0.05) is 48.0 Å². The maximum absolute atomic E-state index is 12.5. The molecule has 0 aliphatic carbocycles. The Morgan fingerprint density at radius 2 is 1.71 bits per heavy atom. The molecule has 0 bridgehead atoms. The van der Waals surface area contributed by atoms with Crippen LogP contribution in [0.1, 0.15) is 0 Å². The van der Waals surface area contributed by atoms with Gasteiger partial charge < -0.3 is 10.1 Å². The van der Waals surface area contributed by atoms with Gasteiger partial charge in [-0.3, -0.25) is 14.9 Å². The molecule has 0 aliphatic heterocycles. The van der Waals surface area contributed by atoms with Gasteiger partial charge in [-0.25, -0.2) is 9.50 Å². The first-order valence-electron chi connectivity index (χ1n) is 11.6. The van der Waals surface area contributed by atoms with E-state index in [0.717, 1.165) is 27.5 Å². The maximum atomic E-state index is 12.5. The molecule has 2 heterocycles. The minimum absolute atomic E-state index is 0.0508. The lowest BCUT2D eigenvalue weighted by atomic mass is 10.1. The molecular formula is C28H18ClN5O4. The lowest BCUT2D eigenvalue weighted by Crippen LogP contribution is -2.20. The van der Waals surface area contributed by atoms with E-state index in [2.05, 4.69) is 5.32 Å². The van der Waals surface area contributed by atoms with Gasteiger partial charge in [0.25, 0.3) is 11.6 Å². The fourth-order valence-electron chi connectivity index (χ4n) is 4.29. The number of anilines is 1. The molecule has 0 radical (unpaired) electrons. The Labute approximate surface area is 220 Å². The highest BCUT2D eigenvalue weighted by Gasteiger charge is 2.15. The number of aromatic nitrogens is 3. The van der Waals surface area contributed by atoms with Crippen molar-refractivity contribution in [2.24, 2.45) is 0 Å². The van der Waals surface area contributed by atoms with Gasteiger partial charge in [0.2, 0.25) is 0 Å². The van der Waals surface area contributed by atoms with E-state index in [1.54, 1.807) is 12.1 Å². The third-order valence-corrected chi connectivity index (χ3v) is 6.32. The van der Waals surface area contributed by atoms with E-state index in [1.807, 2.05) is 59.1 Å². The van der Waals surface area contributed by atoms with Crippen LogP contribution in [0.5, 0.6) is 5.75 Å². The molecular weight excluding hydrogens is 506 g/mol. The third-order valence-electron chi connectivity index (χ3n) is 6.07. The number of fused-ring (bicyclic) bond motifs is 5. The summed E-state index contributed by atoms with van der Waals surface area (Å²) >= 11 is 6.10. The molecule has 1 N–H and O–H groups in total. The summed E-state index contributed by atoms with van der Waals surface area (Å²) < 4.78 is 7.26. The average Bonchev–Trinajstić information content (AvgIpc) is 3.30. The lowest BCUT2D eigenvalue weighted by Gasteiger charge is -2.09. The van der Waals surface area contributed by atoms with Crippen LogP contribution in [0.25, 0.3) is 38.7 Å². The molecule has 4 aromatic carbocycles. The van der Waals surface area contributed by atoms with Crippen molar-refractivity contribution in [3.63, 3.8) is 0 Å². The fraction of sp³-hybridized carbons (Fsp3) is 0.0357. The predicted octanol–water partition coefficient (Wildman–Crippen LogP) is 6.28. The standard InChI is InChI=1S/C28H18ClN5O4/c29-18-7-5-17(6-8-18)27-22-3-1-2-4-23(22)28-31-24-15-19(9-14-25(24)33(28)32-27)30-26(35)16-38-21-12-10-20(11-13-21)34(36)37/h1-15H,16H2,(H,30,35). The van der Waals surface area contributed by atoms with E-state index >= 15 is 0 Å². The summed E-state index contributed by atoms with van der Waals surface area (Å²) in [6.07, 6.45) is 0. The number of nitrogens with one attached hydrogen (secondary N) is 1. The zero-order valence-corrected chi connectivity index (χ0v) is 20.4. The number of non-ortho nitro benzene ring substituents is 1. The van der Waals surface area contributed by atoms with Crippen LogP contribution in [0.15, 0.2) is 91.0 Å². The van der Waals surface area contributed by atoms with Gasteiger partial charge in [-0.15, -0.1) is 0 Å². The molecule has 186 valence electrons. The normalized spacial score (nSPS) is 11.2. The molecule has 0 saturated heterocycles. The Bertz CT molecular complexity index is 1850. The van der Waals surface area contributed by atoms with Gasteiger partial charge in [0.05, 0.1) is 21.7 Å². The smallest absolute Gasteiger partial charge is 0.269 e. The number of imidazole rings is 1. The van der Waals surface area contributed by atoms with Gasteiger partial charge in [0, 0.05) is 39.2 Å². The molecule has 10 heteroatoms. The van der Waals surface area contributed by atoms with Crippen molar-refractivity contribution in [1.29, 1.82) is 0 Å². The molecule has 0 saturated carbocycles. The van der Waals surface area contributed by atoms with E-state index in [1.165, 1.54) is 24.3 Å². The molecule has 0 unspecified atom stereocenters. The number of hydrogen-bond acceptors (Lipinski definition) is 6. The summed E-state index contributed by atoms with van der Waals surface area (Å²) in [5.41, 5.74) is 4.42. The first-order valence-corrected chi connectivity index (χ1v) is 12.0. The number of ether oxygens (including phenoxy) is 1. The molecule has 6 aromatic rings. The number of nitro groups is 1. The van der Waals surface area contributed by atoms with Crippen LogP contribution < -0.4 is 10.1 Å². The Balaban J connectivity index is 1.30. The molecule has 6 rings (SSSR count). The van der Waals surface area contributed by atoms with Crippen molar-refractivity contribution < 1.29 is 14.5 Å². The number of amides is 1. The lowest BCUT2D eigenvalue weighted by molar-refractivity contribution is -0.384. The highest BCUT2D eigenvalue weighted by atomic mass is 35.5. The summed E-state index contributed by atoms with van der Waals surface area (Å²) in [5.74, 6) is -0.0175. The van der Waals surface area contributed by atoms with Gasteiger partial charge in [0.15, 0.2) is 12.3 Å². The van der Waals surface area contributed by atoms with E-state index < -0.39 is 4.92 Å². The highest BCUT2D eigenvalue weighted by molar-refractivity contribution is 6.30. The number of nitrogens with zero attached hydrogens (tertiary/aromatic N) is 4. The van der Waals surface area contributed by atoms with Crippen molar-refractivity contribution in [3.8, 4) is 17.0 Å². The van der Waals surface area contributed by atoms with Crippen LogP contribution in [0, 0.1) is 10.1 Å². The number of carbonyl (C=O) groups is 1.